The molecule has 1 rings (SSSR count). The van der Waals surface area contributed by atoms with Crippen LogP contribution in [0.15, 0.2) is 24.3 Å². The van der Waals surface area contributed by atoms with Crippen LogP contribution in [0.4, 0.5) is 5.69 Å². The summed E-state index contributed by atoms with van der Waals surface area (Å²) in [5.74, 6) is 0. The van der Waals surface area contributed by atoms with E-state index >= 15 is 0 Å². The minimum Gasteiger partial charge on any atom is -0.384 e. The van der Waals surface area contributed by atoms with E-state index in [2.05, 4.69) is 69.1 Å². The van der Waals surface area contributed by atoms with Gasteiger partial charge in [-0.3, -0.25) is 0 Å². The molecule has 1 N–H and O–H groups in total. The first kappa shape index (κ1) is 15.0. The monoisotopic (exact) mass is 248 g/mol. The summed E-state index contributed by atoms with van der Waals surface area (Å²) in [5, 5.41) is 3.58. The van der Waals surface area contributed by atoms with E-state index < -0.39 is 0 Å². The van der Waals surface area contributed by atoms with Crippen molar-refractivity contribution in [2.75, 3.05) is 31.5 Å². The lowest BCUT2D eigenvalue weighted by Crippen LogP contribution is -2.29. The number of para-hydroxylation sites is 1. The molecule has 18 heavy (non-hydrogen) atoms. The fourth-order valence-corrected chi connectivity index (χ4v) is 2.18. The quantitative estimate of drug-likeness (QED) is 0.825. The van der Waals surface area contributed by atoms with E-state index in [1.807, 2.05) is 0 Å². The zero-order valence-corrected chi connectivity index (χ0v) is 12.6. The van der Waals surface area contributed by atoms with Gasteiger partial charge in [-0.05, 0) is 30.1 Å². The fraction of sp³-hybridized carbons (Fsp3) is 0.625. The number of rotatable bonds is 6. The Bertz CT molecular complexity index is 348. The van der Waals surface area contributed by atoms with Gasteiger partial charge in [-0.25, -0.2) is 0 Å². The molecule has 0 spiro atoms. The summed E-state index contributed by atoms with van der Waals surface area (Å²) >= 11 is 0. The van der Waals surface area contributed by atoms with E-state index in [4.69, 9.17) is 0 Å². The highest BCUT2D eigenvalue weighted by Crippen LogP contribution is 2.28. The second kappa shape index (κ2) is 6.79. The molecule has 0 unspecified atom stereocenters. The minimum atomic E-state index is 0.193. The summed E-state index contributed by atoms with van der Waals surface area (Å²) in [5.41, 5.74) is 2.86. The molecule has 0 fully saturated rings. The van der Waals surface area contributed by atoms with Gasteiger partial charge in [-0.1, -0.05) is 52.8 Å². The molecule has 2 nitrogen and oxygen atoms in total. The van der Waals surface area contributed by atoms with Crippen LogP contribution in [0.3, 0.4) is 0 Å². The van der Waals surface area contributed by atoms with Crippen molar-refractivity contribution in [3.8, 4) is 0 Å². The average Bonchev–Trinajstić information content (AvgIpc) is 2.34. The van der Waals surface area contributed by atoms with Crippen molar-refractivity contribution in [1.82, 2.24) is 4.90 Å². The highest BCUT2D eigenvalue weighted by molar-refractivity contribution is 5.54. The van der Waals surface area contributed by atoms with Crippen LogP contribution in [0, 0.1) is 0 Å². The van der Waals surface area contributed by atoms with Crippen LogP contribution in [-0.2, 0) is 5.41 Å². The van der Waals surface area contributed by atoms with Crippen LogP contribution < -0.4 is 5.32 Å². The van der Waals surface area contributed by atoms with Gasteiger partial charge < -0.3 is 10.2 Å². The fourth-order valence-electron chi connectivity index (χ4n) is 2.18. The van der Waals surface area contributed by atoms with Crippen molar-refractivity contribution >= 4 is 5.69 Å². The summed E-state index contributed by atoms with van der Waals surface area (Å²) < 4.78 is 0. The summed E-state index contributed by atoms with van der Waals surface area (Å²) in [6.45, 7) is 15.6. The van der Waals surface area contributed by atoms with Crippen molar-refractivity contribution in [2.24, 2.45) is 0 Å². The van der Waals surface area contributed by atoms with Crippen molar-refractivity contribution in [3.63, 3.8) is 0 Å². The van der Waals surface area contributed by atoms with Crippen LogP contribution >= 0.6 is 0 Å². The van der Waals surface area contributed by atoms with Gasteiger partial charge in [-0.15, -0.1) is 0 Å². The van der Waals surface area contributed by atoms with E-state index in [9.17, 15) is 0 Å². The van der Waals surface area contributed by atoms with E-state index in [1.54, 1.807) is 0 Å². The largest absolute Gasteiger partial charge is 0.384 e. The molecule has 0 heterocycles. The lowest BCUT2D eigenvalue weighted by Gasteiger charge is -2.24. The molecule has 0 saturated heterocycles. The van der Waals surface area contributed by atoms with Crippen molar-refractivity contribution in [1.29, 1.82) is 0 Å². The first-order valence-corrected chi connectivity index (χ1v) is 7.04. The molecule has 0 aliphatic rings. The van der Waals surface area contributed by atoms with E-state index in [0.29, 0.717) is 0 Å². The van der Waals surface area contributed by atoms with Crippen LogP contribution in [0.1, 0.15) is 40.2 Å². The molecule has 2 heteroatoms. The average molecular weight is 248 g/mol. The van der Waals surface area contributed by atoms with Crippen molar-refractivity contribution in [2.45, 2.75) is 40.0 Å². The van der Waals surface area contributed by atoms with E-state index in [-0.39, 0.29) is 5.41 Å². The number of nitrogens with zero attached hydrogens (tertiary/aromatic N) is 1. The number of anilines is 1. The number of likely N-dealkylation sites (N-methyl/N-ethyl adjacent to an activating group) is 1. The third-order valence-corrected chi connectivity index (χ3v) is 3.37. The van der Waals surface area contributed by atoms with Crippen LogP contribution in [0.2, 0.25) is 0 Å². The molecule has 102 valence electrons. The van der Waals surface area contributed by atoms with Gasteiger partial charge in [0.1, 0.15) is 0 Å². The van der Waals surface area contributed by atoms with Gasteiger partial charge >= 0.3 is 0 Å². The minimum absolute atomic E-state index is 0.193. The standard InChI is InChI=1S/C16H28N2/c1-6-18(7-2)13-12-17-15-11-9-8-10-14(15)16(3,4)5/h8-11,17H,6-7,12-13H2,1-5H3. The van der Waals surface area contributed by atoms with Crippen molar-refractivity contribution in [3.05, 3.63) is 29.8 Å². The number of nitrogens with one attached hydrogen (secondary N) is 1. The molecule has 1 aromatic carbocycles. The zero-order valence-electron chi connectivity index (χ0n) is 12.6. The van der Waals surface area contributed by atoms with E-state index in [1.165, 1.54) is 11.3 Å². The normalized spacial score (nSPS) is 11.9. The SMILES string of the molecule is CCN(CC)CCNc1ccccc1C(C)(C)C. The van der Waals surface area contributed by atoms with Gasteiger partial charge in [0.05, 0.1) is 0 Å². The molecule has 0 atom stereocenters. The maximum atomic E-state index is 3.58. The first-order chi connectivity index (χ1) is 8.49. The van der Waals surface area contributed by atoms with Crippen LogP contribution in [0.25, 0.3) is 0 Å². The van der Waals surface area contributed by atoms with Gasteiger partial charge in [-0.2, -0.15) is 0 Å². The number of hydrogen-bond donors (Lipinski definition) is 1. The highest BCUT2D eigenvalue weighted by Gasteiger charge is 2.16. The second-order valence-corrected chi connectivity index (χ2v) is 5.75. The topological polar surface area (TPSA) is 15.3 Å². The number of hydrogen-bond acceptors (Lipinski definition) is 2. The Morgan fingerprint density at radius 2 is 1.67 bits per heavy atom. The molecule has 1 aromatic rings. The molecule has 0 amide bonds. The molecule has 0 aliphatic carbocycles. The molecule has 0 aliphatic heterocycles. The van der Waals surface area contributed by atoms with E-state index in [0.717, 1.165) is 26.2 Å². The molecular weight excluding hydrogens is 220 g/mol. The number of benzene rings is 1. The molecule has 0 aromatic heterocycles. The van der Waals surface area contributed by atoms with Crippen molar-refractivity contribution < 1.29 is 0 Å². The van der Waals surface area contributed by atoms with Crippen LogP contribution in [0.5, 0.6) is 0 Å². The third kappa shape index (κ3) is 4.34. The lowest BCUT2D eigenvalue weighted by atomic mass is 9.86. The Morgan fingerprint density at radius 1 is 1.06 bits per heavy atom. The van der Waals surface area contributed by atoms with Crippen LogP contribution in [-0.4, -0.2) is 31.1 Å². The molecular formula is C16H28N2. The first-order valence-electron chi connectivity index (χ1n) is 7.04. The van der Waals surface area contributed by atoms with Gasteiger partial charge in [0.25, 0.3) is 0 Å². The maximum Gasteiger partial charge on any atom is 0.0378 e. The molecule has 0 saturated carbocycles. The van der Waals surface area contributed by atoms with Gasteiger partial charge in [0, 0.05) is 18.8 Å². The molecule has 0 bridgehead atoms. The summed E-state index contributed by atoms with van der Waals surface area (Å²) in [4.78, 5) is 2.44. The zero-order chi connectivity index (χ0) is 13.6. The summed E-state index contributed by atoms with van der Waals surface area (Å²) in [6, 6.07) is 8.63. The lowest BCUT2D eigenvalue weighted by molar-refractivity contribution is 0.316. The Labute approximate surface area is 112 Å². The Balaban J connectivity index is 2.62. The summed E-state index contributed by atoms with van der Waals surface area (Å²) in [7, 11) is 0. The smallest absolute Gasteiger partial charge is 0.0378 e. The highest BCUT2D eigenvalue weighted by atomic mass is 15.1. The molecule has 0 radical (unpaired) electrons. The Hall–Kier alpha value is -1.02. The maximum absolute atomic E-state index is 3.58. The van der Waals surface area contributed by atoms with Gasteiger partial charge in [0.2, 0.25) is 0 Å². The second-order valence-electron chi connectivity index (χ2n) is 5.75. The third-order valence-electron chi connectivity index (χ3n) is 3.37. The Morgan fingerprint density at radius 3 is 2.22 bits per heavy atom. The summed E-state index contributed by atoms with van der Waals surface area (Å²) in [6.07, 6.45) is 0. The predicted octanol–water partition coefficient (Wildman–Crippen LogP) is 3.74. The predicted molar refractivity (Wildman–Crippen MR) is 81.4 cm³/mol. The Kier molecular flexibility index (Phi) is 5.67. The van der Waals surface area contributed by atoms with Gasteiger partial charge in [0.15, 0.2) is 0 Å².